The van der Waals surface area contributed by atoms with E-state index in [1.807, 2.05) is 12.1 Å². The van der Waals surface area contributed by atoms with Crippen molar-refractivity contribution in [1.29, 1.82) is 5.26 Å². The number of hydrogen-bond acceptors (Lipinski definition) is 4. The summed E-state index contributed by atoms with van der Waals surface area (Å²) in [5.41, 5.74) is 0.690. The molecule has 0 radical (unpaired) electrons. The number of nitriles is 1. The number of nitrogens with one attached hydrogen (secondary N) is 1. The second kappa shape index (κ2) is 5.18. The van der Waals surface area contributed by atoms with E-state index in [2.05, 4.69) is 28.2 Å². The first-order valence-corrected chi connectivity index (χ1v) is 7.19. The minimum absolute atomic E-state index is 0.519. The molecule has 2 aliphatic rings. The Morgan fingerprint density at radius 2 is 2.16 bits per heavy atom. The standard InChI is InChI=1S/C15H20N4/c1-2-19(15-11(10-16)4-3-7-17-15)14-8-12-5-6-13(9-14)18-12/h3-4,7,12-14,18H,2,5-6,8-9H2,1H3. The van der Waals surface area contributed by atoms with E-state index in [0.29, 0.717) is 23.7 Å². The summed E-state index contributed by atoms with van der Waals surface area (Å²) in [6.45, 7) is 3.07. The van der Waals surface area contributed by atoms with E-state index in [0.717, 1.165) is 12.4 Å². The van der Waals surface area contributed by atoms with Crippen molar-refractivity contribution in [2.75, 3.05) is 11.4 Å². The molecule has 2 aliphatic heterocycles. The molecular formula is C15H20N4. The molecule has 19 heavy (non-hydrogen) atoms. The molecule has 1 N–H and O–H groups in total. The van der Waals surface area contributed by atoms with Crippen molar-refractivity contribution in [3.63, 3.8) is 0 Å². The van der Waals surface area contributed by atoms with E-state index < -0.39 is 0 Å². The second-order valence-corrected chi connectivity index (χ2v) is 5.54. The fourth-order valence-corrected chi connectivity index (χ4v) is 3.58. The minimum atomic E-state index is 0.519. The van der Waals surface area contributed by atoms with Crippen LogP contribution in [0.2, 0.25) is 0 Å². The van der Waals surface area contributed by atoms with Crippen LogP contribution in [0.15, 0.2) is 18.3 Å². The van der Waals surface area contributed by atoms with Crippen molar-refractivity contribution < 1.29 is 0 Å². The lowest BCUT2D eigenvalue weighted by Crippen LogP contribution is -2.48. The van der Waals surface area contributed by atoms with Gasteiger partial charge in [-0.2, -0.15) is 5.26 Å². The van der Waals surface area contributed by atoms with E-state index in [1.165, 1.54) is 25.7 Å². The molecular weight excluding hydrogens is 236 g/mol. The number of aromatic nitrogens is 1. The first-order valence-electron chi connectivity index (χ1n) is 7.19. The van der Waals surface area contributed by atoms with Crippen LogP contribution >= 0.6 is 0 Å². The minimum Gasteiger partial charge on any atom is -0.353 e. The SMILES string of the molecule is CCN(c1ncccc1C#N)C1CC2CCC(C1)N2. The predicted octanol–water partition coefficient (Wildman–Crippen LogP) is 2.06. The van der Waals surface area contributed by atoms with Crippen molar-refractivity contribution in [1.82, 2.24) is 10.3 Å². The van der Waals surface area contributed by atoms with Gasteiger partial charge in [0.2, 0.25) is 0 Å². The van der Waals surface area contributed by atoms with E-state index in [9.17, 15) is 5.26 Å². The van der Waals surface area contributed by atoms with Gasteiger partial charge >= 0.3 is 0 Å². The third kappa shape index (κ3) is 2.31. The fourth-order valence-electron chi connectivity index (χ4n) is 3.58. The summed E-state index contributed by atoms with van der Waals surface area (Å²) < 4.78 is 0. The second-order valence-electron chi connectivity index (χ2n) is 5.54. The van der Waals surface area contributed by atoms with Gasteiger partial charge in [-0.25, -0.2) is 4.98 Å². The van der Waals surface area contributed by atoms with E-state index in [-0.39, 0.29) is 0 Å². The number of hydrogen-bond donors (Lipinski definition) is 1. The molecule has 0 aliphatic carbocycles. The van der Waals surface area contributed by atoms with Gasteiger partial charge in [0.1, 0.15) is 11.9 Å². The summed E-state index contributed by atoms with van der Waals surface area (Å²) >= 11 is 0. The molecule has 1 aromatic heterocycles. The van der Waals surface area contributed by atoms with Crippen LogP contribution in [0.5, 0.6) is 0 Å². The lowest BCUT2D eigenvalue weighted by Gasteiger charge is -2.38. The van der Waals surface area contributed by atoms with Gasteiger partial charge in [0.05, 0.1) is 5.56 Å². The van der Waals surface area contributed by atoms with E-state index >= 15 is 0 Å². The Hall–Kier alpha value is -1.60. The molecule has 100 valence electrons. The lowest BCUT2D eigenvalue weighted by atomic mass is 9.97. The van der Waals surface area contributed by atoms with Crippen LogP contribution < -0.4 is 10.2 Å². The Balaban J connectivity index is 1.86. The van der Waals surface area contributed by atoms with Crippen molar-refractivity contribution >= 4 is 5.82 Å². The molecule has 2 bridgehead atoms. The molecule has 1 aromatic rings. The van der Waals surface area contributed by atoms with Crippen LogP contribution in [0.1, 0.15) is 38.2 Å². The van der Waals surface area contributed by atoms with Crippen LogP contribution in [-0.2, 0) is 0 Å². The van der Waals surface area contributed by atoms with Gasteiger partial charge in [-0.3, -0.25) is 0 Å². The average molecular weight is 256 g/mol. The van der Waals surface area contributed by atoms with Gasteiger partial charge in [-0.15, -0.1) is 0 Å². The lowest BCUT2D eigenvalue weighted by molar-refractivity contribution is 0.348. The molecule has 4 heteroatoms. The Bertz CT molecular complexity index is 481. The smallest absolute Gasteiger partial charge is 0.146 e. The zero-order valence-corrected chi connectivity index (χ0v) is 11.3. The zero-order valence-electron chi connectivity index (χ0n) is 11.3. The molecule has 4 nitrogen and oxygen atoms in total. The maximum Gasteiger partial charge on any atom is 0.146 e. The van der Waals surface area contributed by atoms with Gasteiger partial charge in [0.15, 0.2) is 0 Å². The molecule has 2 unspecified atom stereocenters. The average Bonchev–Trinajstić information content (AvgIpc) is 2.79. The summed E-state index contributed by atoms with van der Waals surface area (Å²) in [7, 11) is 0. The van der Waals surface area contributed by atoms with Crippen LogP contribution in [0, 0.1) is 11.3 Å². The van der Waals surface area contributed by atoms with Gasteiger partial charge in [-0.1, -0.05) is 0 Å². The van der Waals surface area contributed by atoms with Crippen LogP contribution in [0.25, 0.3) is 0 Å². The first kappa shape index (κ1) is 12.4. The monoisotopic (exact) mass is 256 g/mol. The third-order valence-corrected chi connectivity index (χ3v) is 4.41. The molecule has 0 spiro atoms. The Labute approximate surface area is 114 Å². The van der Waals surface area contributed by atoms with Gasteiger partial charge in [0, 0.05) is 30.9 Å². The Kier molecular flexibility index (Phi) is 3.39. The molecule has 0 saturated carbocycles. The largest absolute Gasteiger partial charge is 0.353 e. The topological polar surface area (TPSA) is 52.0 Å². The van der Waals surface area contributed by atoms with Crippen molar-refractivity contribution in [3.8, 4) is 6.07 Å². The Morgan fingerprint density at radius 3 is 2.79 bits per heavy atom. The van der Waals surface area contributed by atoms with Gasteiger partial charge in [0.25, 0.3) is 0 Å². The van der Waals surface area contributed by atoms with Crippen molar-refractivity contribution in [3.05, 3.63) is 23.9 Å². The maximum atomic E-state index is 9.25. The summed E-state index contributed by atoms with van der Waals surface area (Å²) in [5.74, 6) is 0.860. The van der Waals surface area contributed by atoms with E-state index in [4.69, 9.17) is 0 Å². The molecule has 2 atom stereocenters. The highest BCUT2D eigenvalue weighted by Gasteiger charge is 2.36. The number of anilines is 1. The summed E-state index contributed by atoms with van der Waals surface area (Å²) in [6.07, 6.45) is 6.73. The highest BCUT2D eigenvalue weighted by molar-refractivity contribution is 5.54. The summed E-state index contributed by atoms with van der Waals surface area (Å²) in [4.78, 5) is 6.77. The molecule has 0 amide bonds. The highest BCUT2D eigenvalue weighted by Crippen LogP contribution is 2.32. The third-order valence-electron chi connectivity index (χ3n) is 4.41. The van der Waals surface area contributed by atoms with Gasteiger partial charge < -0.3 is 10.2 Å². The first-order chi connectivity index (χ1) is 9.31. The Morgan fingerprint density at radius 1 is 1.42 bits per heavy atom. The molecule has 3 rings (SSSR count). The predicted molar refractivity (Wildman–Crippen MR) is 74.9 cm³/mol. The number of piperidine rings is 1. The number of rotatable bonds is 3. The number of fused-ring (bicyclic) bond motifs is 2. The molecule has 3 heterocycles. The van der Waals surface area contributed by atoms with E-state index in [1.54, 1.807) is 6.20 Å². The number of pyridine rings is 1. The normalized spacial score (nSPS) is 28.9. The summed E-state index contributed by atoms with van der Waals surface area (Å²) in [5, 5.41) is 12.9. The molecule has 2 saturated heterocycles. The van der Waals surface area contributed by atoms with Crippen LogP contribution in [-0.4, -0.2) is 29.7 Å². The summed E-state index contributed by atoms with van der Waals surface area (Å²) in [6, 6.07) is 7.80. The fraction of sp³-hybridized carbons (Fsp3) is 0.600. The highest BCUT2D eigenvalue weighted by atomic mass is 15.2. The van der Waals surface area contributed by atoms with Crippen molar-refractivity contribution in [2.24, 2.45) is 0 Å². The molecule has 0 aromatic carbocycles. The van der Waals surface area contributed by atoms with Gasteiger partial charge in [-0.05, 0) is 44.7 Å². The maximum absolute atomic E-state index is 9.25. The molecule has 2 fully saturated rings. The quantitative estimate of drug-likeness (QED) is 0.899. The van der Waals surface area contributed by atoms with Crippen molar-refractivity contribution in [2.45, 2.75) is 50.7 Å². The number of nitrogens with zero attached hydrogens (tertiary/aromatic N) is 3. The van der Waals surface area contributed by atoms with Crippen LogP contribution in [0.3, 0.4) is 0 Å². The zero-order chi connectivity index (χ0) is 13.2. The van der Waals surface area contributed by atoms with Crippen LogP contribution in [0.4, 0.5) is 5.82 Å².